The quantitative estimate of drug-likeness (QED) is 0.205. The van der Waals surface area contributed by atoms with E-state index in [1.54, 1.807) is 11.0 Å². The van der Waals surface area contributed by atoms with Gasteiger partial charge >= 0.3 is 0 Å². The third-order valence-electron chi connectivity index (χ3n) is 7.23. The Kier molecular flexibility index (Phi) is 7.25. The van der Waals surface area contributed by atoms with Gasteiger partial charge in [0.1, 0.15) is 18.0 Å². The van der Waals surface area contributed by atoms with Crippen LogP contribution in [0.2, 0.25) is 0 Å². The lowest BCUT2D eigenvalue weighted by Gasteiger charge is -2.26. The molecular weight excluding hydrogens is 521 g/mol. The summed E-state index contributed by atoms with van der Waals surface area (Å²) >= 11 is 0. The average Bonchev–Trinajstić information content (AvgIpc) is 3.28. The summed E-state index contributed by atoms with van der Waals surface area (Å²) in [6.45, 7) is 2.98. The molecule has 0 saturated heterocycles. The van der Waals surface area contributed by atoms with Crippen molar-refractivity contribution in [1.29, 1.82) is 0 Å². The van der Waals surface area contributed by atoms with E-state index >= 15 is 0 Å². The highest BCUT2D eigenvalue weighted by Crippen LogP contribution is 2.41. The highest BCUT2D eigenvalue weighted by atomic mass is 19.1. The molecule has 1 aliphatic rings. The summed E-state index contributed by atoms with van der Waals surface area (Å²) in [5, 5.41) is 0.0966. The van der Waals surface area contributed by atoms with Crippen LogP contribution in [0, 0.1) is 5.82 Å². The Morgan fingerprint density at radius 2 is 1.56 bits per heavy atom. The van der Waals surface area contributed by atoms with Crippen molar-refractivity contribution < 1.29 is 23.1 Å². The standard InChI is InChI=1S/C34H28FNO5/c1-2-39-29-19-24(13-15-28(29)40-21-23-11-7-4-8-12-23)31-30-32(37)26-20-25(35)14-16-27(26)41-33(30)34(38)36(31)18-17-22-9-5-3-6-10-22/h3-16,19-20,31H,2,17-18,21H2,1H3. The Labute approximate surface area is 236 Å². The minimum absolute atomic E-state index is 0.0190. The second-order valence-corrected chi connectivity index (χ2v) is 9.86. The van der Waals surface area contributed by atoms with Gasteiger partial charge in [-0.1, -0.05) is 66.7 Å². The molecule has 0 saturated carbocycles. The molecule has 0 bridgehead atoms. The molecule has 1 aromatic heterocycles. The molecule has 2 heterocycles. The summed E-state index contributed by atoms with van der Waals surface area (Å²) in [7, 11) is 0. The molecular formula is C34H28FNO5. The predicted octanol–water partition coefficient (Wildman–Crippen LogP) is 6.70. The van der Waals surface area contributed by atoms with E-state index in [1.807, 2.05) is 79.7 Å². The van der Waals surface area contributed by atoms with Gasteiger partial charge in [-0.2, -0.15) is 0 Å². The van der Waals surface area contributed by atoms with Crippen LogP contribution in [0.5, 0.6) is 11.5 Å². The van der Waals surface area contributed by atoms with Gasteiger partial charge in [0.05, 0.1) is 23.6 Å². The first-order valence-corrected chi connectivity index (χ1v) is 13.6. The molecule has 0 N–H and O–H groups in total. The number of hydrogen-bond acceptors (Lipinski definition) is 5. The van der Waals surface area contributed by atoms with Gasteiger partial charge in [0.25, 0.3) is 5.91 Å². The number of hydrogen-bond donors (Lipinski definition) is 0. The van der Waals surface area contributed by atoms with Gasteiger partial charge in [-0.05, 0) is 60.4 Å². The second kappa shape index (κ2) is 11.3. The molecule has 0 fully saturated rings. The van der Waals surface area contributed by atoms with Gasteiger partial charge in [0.2, 0.25) is 5.76 Å². The van der Waals surface area contributed by atoms with E-state index in [9.17, 15) is 14.0 Å². The first-order chi connectivity index (χ1) is 20.0. The lowest BCUT2D eigenvalue weighted by Crippen LogP contribution is -2.31. The van der Waals surface area contributed by atoms with Crippen molar-refractivity contribution in [3.63, 3.8) is 0 Å². The topological polar surface area (TPSA) is 69.0 Å². The molecule has 6 rings (SSSR count). The van der Waals surface area contributed by atoms with E-state index in [1.165, 1.54) is 12.1 Å². The van der Waals surface area contributed by atoms with Gasteiger partial charge in [0, 0.05) is 6.54 Å². The summed E-state index contributed by atoms with van der Waals surface area (Å²) in [6.07, 6.45) is 0.579. The smallest absolute Gasteiger partial charge is 0.290 e. The Bertz CT molecular complexity index is 1770. The highest BCUT2D eigenvalue weighted by Gasteiger charge is 2.42. The molecule has 41 heavy (non-hydrogen) atoms. The van der Waals surface area contributed by atoms with Crippen LogP contribution in [-0.4, -0.2) is 24.0 Å². The minimum Gasteiger partial charge on any atom is -0.490 e. The van der Waals surface area contributed by atoms with Gasteiger partial charge in [-0.15, -0.1) is 0 Å². The second-order valence-electron chi connectivity index (χ2n) is 9.86. The van der Waals surface area contributed by atoms with Crippen LogP contribution in [0.15, 0.2) is 106 Å². The number of amides is 1. The first-order valence-electron chi connectivity index (χ1n) is 13.6. The van der Waals surface area contributed by atoms with Crippen LogP contribution in [0.25, 0.3) is 11.0 Å². The molecule has 7 heteroatoms. The fraction of sp³-hybridized carbons (Fsp3) is 0.176. The monoisotopic (exact) mass is 549 g/mol. The summed E-state index contributed by atoms with van der Waals surface area (Å²) < 4.78 is 32.1. The molecule has 1 aliphatic heterocycles. The molecule has 0 spiro atoms. The van der Waals surface area contributed by atoms with Gasteiger partial charge in [-0.3, -0.25) is 9.59 Å². The molecule has 206 valence electrons. The number of fused-ring (bicyclic) bond motifs is 2. The van der Waals surface area contributed by atoms with Crippen LogP contribution >= 0.6 is 0 Å². The first kappa shape index (κ1) is 26.3. The fourth-order valence-electron chi connectivity index (χ4n) is 5.28. The molecule has 1 unspecified atom stereocenters. The Hall–Kier alpha value is -4.91. The van der Waals surface area contributed by atoms with E-state index in [-0.39, 0.29) is 28.2 Å². The van der Waals surface area contributed by atoms with E-state index in [0.717, 1.165) is 17.2 Å². The summed E-state index contributed by atoms with van der Waals surface area (Å²) in [6, 6.07) is 28.1. The van der Waals surface area contributed by atoms with Crippen LogP contribution in [0.3, 0.4) is 0 Å². The fourth-order valence-corrected chi connectivity index (χ4v) is 5.28. The third kappa shape index (κ3) is 5.18. The van der Waals surface area contributed by atoms with Crippen molar-refractivity contribution in [1.82, 2.24) is 4.90 Å². The van der Waals surface area contributed by atoms with Crippen molar-refractivity contribution in [3.05, 3.63) is 141 Å². The zero-order valence-electron chi connectivity index (χ0n) is 22.5. The van der Waals surface area contributed by atoms with E-state index in [0.29, 0.717) is 43.2 Å². The van der Waals surface area contributed by atoms with Crippen LogP contribution in [-0.2, 0) is 13.0 Å². The van der Waals surface area contributed by atoms with Crippen molar-refractivity contribution in [3.8, 4) is 11.5 Å². The zero-order valence-corrected chi connectivity index (χ0v) is 22.5. The normalized spacial score (nSPS) is 14.3. The Morgan fingerprint density at radius 1 is 0.829 bits per heavy atom. The lowest BCUT2D eigenvalue weighted by atomic mass is 9.97. The number of benzene rings is 4. The van der Waals surface area contributed by atoms with E-state index < -0.39 is 17.3 Å². The number of carbonyl (C=O) groups excluding carboxylic acids is 1. The predicted molar refractivity (Wildman–Crippen MR) is 154 cm³/mol. The molecule has 0 radical (unpaired) electrons. The highest BCUT2D eigenvalue weighted by molar-refractivity contribution is 5.99. The molecule has 1 atom stereocenters. The van der Waals surface area contributed by atoms with Crippen molar-refractivity contribution in [2.24, 2.45) is 0 Å². The van der Waals surface area contributed by atoms with Gasteiger partial charge < -0.3 is 18.8 Å². The number of rotatable bonds is 9. The van der Waals surface area contributed by atoms with Crippen LogP contribution in [0.1, 0.15) is 45.8 Å². The van der Waals surface area contributed by atoms with E-state index in [4.69, 9.17) is 13.9 Å². The lowest BCUT2D eigenvalue weighted by molar-refractivity contribution is 0.0729. The molecule has 5 aromatic rings. The maximum absolute atomic E-state index is 14.1. The number of nitrogens with zero attached hydrogens (tertiary/aromatic N) is 1. The summed E-state index contributed by atoms with van der Waals surface area (Å²) in [5.41, 5.74) is 2.68. The number of halogens is 1. The minimum atomic E-state index is -0.743. The number of carbonyl (C=O) groups is 1. The van der Waals surface area contributed by atoms with Gasteiger partial charge in [0.15, 0.2) is 16.9 Å². The molecule has 6 nitrogen and oxygen atoms in total. The maximum atomic E-state index is 14.1. The van der Waals surface area contributed by atoms with Crippen molar-refractivity contribution in [2.75, 3.05) is 13.2 Å². The molecule has 1 amide bonds. The third-order valence-corrected chi connectivity index (χ3v) is 7.23. The average molecular weight is 550 g/mol. The summed E-state index contributed by atoms with van der Waals surface area (Å²) in [4.78, 5) is 29.2. The SMILES string of the molecule is CCOc1cc(C2c3c(oc4ccc(F)cc4c3=O)C(=O)N2CCc2ccccc2)ccc1OCc1ccccc1. The van der Waals surface area contributed by atoms with Crippen molar-refractivity contribution in [2.45, 2.75) is 26.0 Å². The van der Waals surface area contributed by atoms with E-state index in [2.05, 4.69) is 0 Å². The molecule has 0 aliphatic carbocycles. The Morgan fingerprint density at radius 3 is 2.29 bits per heavy atom. The maximum Gasteiger partial charge on any atom is 0.290 e. The van der Waals surface area contributed by atoms with Crippen molar-refractivity contribution >= 4 is 16.9 Å². The number of ether oxygens (including phenoxy) is 2. The Balaban J connectivity index is 1.43. The van der Waals surface area contributed by atoms with Crippen LogP contribution in [0.4, 0.5) is 4.39 Å². The summed E-state index contributed by atoms with van der Waals surface area (Å²) in [5.74, 6) is 0.0970. The van der Waals surface area contributed by atoms with Crippen LogP contribution < -0.4 is 14.9 Å². The zero-order chi connectivity index (χ0) is 28.3. The largest absolute Gasteiger partial charge is 0.490 e. The molecule has 4 aromatic carbocycles. The van der Waals surface area contributed by atoms with Gasteiger partial charge in [-0.25, -0.2) is 4.39 Å².